The highest BCUT2D eigenvalue weighted by Gasteiger charge is 2.15. The Morgan fingerprint density at radius 3 is 1.14 bits per heavy atom. The average Bonchev–Trinajstić information content (AvgIpc) is 3.19. The summed E-state index contributed by atoms with van der Waals surface area (Å²) in [5.74, 6) is 1.60. The van der Waals surface area contributed by atoms with Gasteiger partial charge in [-0.3, -0.25) is 14.4 Å². The third-order valence-corrected chi connectivity index (χ3v) is 11.7. The van der Waals surface area contributed by atoms with Crippen molar-refractivity contribution in [2.45, 2.75) is 247 Å². The molecule has 1 N–H and O–H groups in total. The van der Waals surface area contributed by atoms with Crippen molar-refractivity contribution in [2.24, 2.45) is 11.8 Å². The number of carbonyl (C=O) groups excluding carboxylic acids is 3. The molecule has 0 unspecified atom stereocenters. The summed E-state index contributed by atoms with van der Waals surface area (Å²) in [6.45, 7) is 15.5. The fourth-order valence-electron chi connectivity index (χ4n) is 7.87. The van der Waals surface area contributed by atoms with Crippen molar-refractivity contribution in [2.75, 3.05) is 39.4 Å². The van der Waals surface area contributed by atoms with Crippen LogP contribution in [0.5, 0.6) is 0 Å². The molecule has 0 aromatic heterocycles. The van der Waals surface area contributed by atoms with Gasteiger partial charge in [0, 0.05) is 38.9 Å². The van der Waals surface area contributed by atoms with Crippen molar-refractivity contribution in [1.29, 1.82) is 0 Å². The number of esters is 2. The standard InChI is InChI=1S/C49H96N2O5/c1-6-11-23-31-45(32-24-12-7-2)35-37-48(53)55-43-29-21-17-15-19-27-41-51(47(52)39-40-50-10-5)42-28-20-16-18-22-30-44-56-49(54)38-36-46(33-25-13-8-3)34-26-14-9-4/h45-46,50H,6-44H2,1-5H3. The number of nitrogens with one attached hydrogen (secondary N) is 1. The SMILES string of the molecule is CCCCCC(CCCCC)CCC(=O)OCCCCCCCCN(CCCCCCCCOC(=O)CCC(CCCCC)CCCCC)C(=O)CCNCC. The first-order chi connectivity index (χ1) is 27.4. The fraction of sp³-hybridized carbons (Fsp3) is 0.939. The van der Waals surface area contributed by atoms with Gasteiger partial charge in [0.15, 0.2) is 0 Å². The molecular formula is C49H96N2O5. The zero-order valence-electron chi connectivity index (χ0n) is 38.2. The fourth-order valence-corrected chi connectivity index (χ4v) is 7.87. The normalized spacial score (nSPS) is 11.5. The Bertz CT molecular complexity index is 789. The smallest absolute Gasteiger partial charge is 0.305 e. The number of carbonyl (C=O) groups is 3. The minimum absolute atomic E-state index is 0.0116. The minimum atomic E-state index is -0.0116. The average molecular weight is 793 g/mol. The van der Waals surface area contributed by atoms with Crippen molar-refractivity contribution in [3.8, 4) is 0 Å². The molecule has 0 spiro atoms. The maximum absolute atomic E-state index is 13.0. The first-order valence-electron chi connectivity index (χ1n) is 24.7. The van der Waals surface area contributed by atoms with Crippen molar-refractivity contribution in [3.63, 3.8) is 0 Å². The lowest BCUT2D eigenvalue weighted by Crippen LogP contribution is -2.35. The van der Waals surface area contributed by atoms with E-state index in [-0.39, 0.29) is 17.8 Å². The second kappa shape index (κ2) is 43.0. The number of hydrogen-bond donors (Lipinski definition) is 1. The van der Waals surface area contributed by atoms with Gasteiger partial charge in [0.25, 0.3) is 0 Å². The maximum Gasteiger partial charge on any atom is 0.305 e. The molecular weight excluding hydrogens is 697 g/mol. The highest BCUT2D eigenvalue weighted by molar-refractivity contribution is 5.76. The van der Waals surface area contributed by atoms with Crippen LogP contribution in [0, 0.1) is 11.8 Å². The lowest BCUT2D eigenvalue weighted by atomic mass is 9.91. The maximum atomic E-state index is 13.0. The lowest BCUT2D eigenvalue weighted by Gasteiger charge is -2.23. The van der Waals surface area contributed by atoms with Gasteiger partial charge < -0.3 is 19.7 Å². The Morgan fingerprint density at radius 2 is 0.786 bits per heavy atom. The van der Waals surface area contributed by atoms with Gasteiger partial charge in [-0.2, -0.15) is 0 Å². The van der Waals surface area contributed by atoms with Gasteiger partial charge in [-0.15, -0.1) is 0 Å². The van der Waals surface area contributed by atoms with Gasteiger partial charge in [-0.25, -0.2) is 0 Å². The van der Waals surface area contributed by atoms with Gasteiger partial charge in [-0.05, 0) is 56.9 Å². The topological polar surface area (TPSA) is 84.9 Å². The Hall–Kier alpha value is -1.63. The molecule has 0 atom stereocenters. The van der Waals surface area contributed by atoms with Crippen LogP contribution in [0.1, 0.15) is 247 Å². The predicted molar refractivity (Wildman–Crippen MR) is 239 cm³/mol. The molecule has 0 aromatic carbocycles. The Morgan fingerprint density at radius 1 is 0.429 bits per heavy atom. The molecule has 0 bridgehead atoms. The van der Waals surface area contributed by atoms with Gasteiger partial charge >= 0.3 is 11.9 Å². The summed E-state index contributed by atoms with van der Waals surface area (Å²) in [5.41, 5.74) is 0. The molecule has 0 aromatic rings. The monoisotopic (exact) mass is 793 g/mol. The van der Waals surface area contributed by atoms with Crippen molar-refractivity contribution in [3.05, 3.63) is 0 Å². The van der Waals surface area contributed by atoms with E-state index in [0.29, 0.717) is 44.3 Å². The first kappa shape index (κ1) is 54.4. The Labute approximate surface area is 348 Å². The molecule has 0 saturated heterocycles. The highest BCUT2D eigenvalue weighted by Crippen LogP contribution is 2.24. The molecule has 0 fully saturated rings. The molecule has 56 heavy (non-hydrogen) atoms. The number of ether oxygens (including phenoxy) is 2. The molecule has 0 heterocycles. The zero-order chi connectivity index (χ0) is 41.2. The van der Waals surface area contributed by atoms with E-state index in [0.717, 1.165) is 103 Å². The number of unbranched alkanes of at least 4 members (excludes halogenated alkanes) is 18. The molecule has 7 nitrogen and oxygen atoms in total. The highest BCUT2D eigenvalue weighted by atomic mass is 16.5. The van der Waals surface area contributed by atoms with E-state index in [9.17, 15) is 14.4 Å². The van der Waals surface area contributed by atoms with Gasteiger partial charge in [0.05, 0.1) is 13.2 Å². The van der Waals surface area contributed by atoms with Crippen molar-refractivity contribution in [1.82, 2.24) is 10.2 Å². The Balaban J connectivity index is 4.16. The van der Waals surface area contributed by atoms with E-state index in [1.807, 2.05) is 0 Å². The van der Waals surface area contributed by atoms with Gasteiger partial charge in [-0.1, -0.05) is 189 Å². The molecule has 332 valence electrons. The third kappa shape index (κ3) is 36.7. The van der Waals surface area contributed by atoms with E-state index < -0.39 is 0 Å². The minimum Gasteiger partial charge on any atom is -0.466 e. The molecule has 0 aliphatic rings. The molecule has 0 aliphatic carbocycles. The number of rotatable bonds is 44. The van der Waals surface area contributed by atoms with Crippen LogP contribution in [-0.4, -0.2) is 62.1 Å². The Kier molecular flexibility index (Phi) is 41.7. The second-order valence-electron chi connectivity index (χ2n) is 17.0. The van der Waals surface area contributed by atoms with Crippen LogP contribution in [0.4, 0.5) is 0 Å². The predicted octanol–water partition coefficient (Wildman–Crippen LogP) is 13.7. The van der Waals surface area contributed by atoms with E-state index in [4.69, 9.17) is 9.47 Å². The number of amides is 1. The van der Waals surface area contributed by atoms with Gasteiger partial charge in [0.2, 0.25) is 5.91 Å². The molecule has 0 aliphatic heterocycles. The second-order valence-corrected chi connectivity index (χ2v) is 17.0. The third-order valence-electron chi connectivity index (χ3n) is 11.7. The van der Waals surface area contributed by atoms with Gasteiger partial charge in [0.1, 0.15) is 0 Å². The van der Waals surface area contributed by atoms with Crippen molar-refractivity contribution >= 4 is 17.8 Å². The van der Waals surface area contributed by atoms with Crippen LogP contribution in [0.15, 0.2) is 0 Å². The van der Waals surface area contributed by atoms with E-state index in [1.54, 1.807) is 0 Å². The van der Waals surface area contributed by atoms with Crippen LogP contribution in [-0.2, 0) is 23.9 Å². The summed E-state index contributed by atoms with van der Waals surface area (Å²) in [6.07, 6.45) is 37.2. The van der Waals surface area contributed by atoms with Crippen LogP contribution in [0.25, 0.3) is 0 Å². The number of hydrogen-bond acceptors (Lipinski definition) is 6. The summed E-state index contributed by atoms with van der Waals surface area (Å²) < 4.78 is 11.2. The van der Waals surface area contributed by atoms with Crippen LogP contribution >= 0.6 is 0 Å². The summed E-state index contributed by atoms with van der Waals surface area (Å²) >= 11 is 0. The molecule has 0 rings (SSSR count). The summed E-state index contributed by atoms with van der Waals surface area (Å²) in [4.78, 5) is 39.9. The number of nitrogens with zero attached hydrogens (tertiary/aromatic N) is 1. The molecule has 0 radical (unpaired) electrons. The first-order valence-corrected chi connectivity index (χ1v) is 24.7. The van der Waals surface area contributed by atoms with Crippen LogP contribution in [0.3, 0.4) is 0 Å². The van der Waals surface area contributed by atoms with Crippen LogP contribution in [0.2, 0.25) is 0 Å². The zero-order valence-corrected chi connectivity index (χ0v) is 38.2. The molecule has 0 saturated carbocycles. The largest absolute Gasteiger partial charge is 0.466 e. The molecule has 1 amide bonds. The molecule has 7 heteroatoms. The van der Waals surface area contributed by atoms with Crippen molar-refractivity contribution < 1.29 is 23.9 Å². The summed E-state index contributed by atoms with van der Waals surface area (Å²) in [5, 5.41) is 3.30. The van der Waals surface area contributed by atoms with E-state index >= 15 is 0 Å². The summed E-state index contributed by atoms with van der Waals surface area (Å²) in [7, 11) is 0. The quantitative estimate of drug-likeness (QED) is 0.0488. The van der Waals surface area contributed by atoms with E-state index in [2.05, 4.69) is 44.8 Å². The van der Waals surface area contributed by atoms with E-state index in [1.165, 1.54) is 116 Å². The summed E-state index contributed by atoms with van der Waals surface area (Å²) in [6, 6.07) is 0. The lowest BCUT2D eigenvalue weighted by molar-refractivity contribution is -0.145. The van der Waals surface area contributed by atoms with Crippen LogP contribution < -0.4 is 5.32 Å².